The molecule has 1 unspecified atom stereocenters. The highest BCUT2D eigenvalue weighted by Gasteiger charge is 2.15. The Hall–Kier alpha value is -1.06. The molecule has 0 bridgehead atoms. The van der Waals surface area contributed by atoms with Crippen molar-refractivity contribution in [3.8, 4) is 0 Å². The van der Waals surface area contributed by atoms with Gasteiger partial charge in [-0.15, -0.1) is 0 Å². The van der Waals surface area contributed by atoms with E-state index in [0.717, 1.165) is 12.8 Å². The van der Waals surface area contributed by atoms with Gasteiger partial charge in [0.25, 0.3) is 0 Å². The van der Waals surface area contributed by atoms with Gasteiger partial charge in [0, 0.05) is 6.42 Å². The molecule has 0 heterocycles. The summed E-state index contributed by atoms with van der Waals surface area (Å²) in [7, 11) is 0. The second-order valence-electron chi connectivity index (χ2n) is 8.52. The van der Waals surface area contributed by atoms with Gasteiger partial charge >= 0.3 is 11.9 Å². The van der Waals surface area contributed by atoms with Crippen molar-refractivity contribution in [2.45, 2.75) is 148 Å². The minimum Gasteiger partial charge on any atom is -0.481 e. The van der Waals surface area contributed by atoms with Crippen molar-refractivity contribution in [1.29, 1.82) is 0 Å². The number of carboxylic acid groups (broad SMARTS) is 1. The summed E-state index contributed by atoms with van der Waals surface area (Å²) < 4.78 is 5.22. The Balaban J connectivity index is 3.27. The van der Waals surface area contributed by atoms with Crippen molar-refractivity contribution in [2.75, 3.05) is 0 Å². The van der Waals surface area contributed by atoms with Crippen LogP contribution in [0, 0.1) is 0 Å². The van der Waals surface area contributed by atoms with E-state index in [9.17, 15) is 9.59 Å². The fourth-order valence-electron chi connectivity index (χ4n) is 3.70. The molecule has 0 amide bonds. The van der Waals surface area contributed by atoms with Gasteiger partial charge in [0.15, 0.2) is 0 Å². The molecule has 0 aromatic rings. The van der Waals surface area contributed by atoms with E-state index in [0.29, 0.717) is 12.8 Å². The van der Waals surface area contributed by atoms with Crippen LogP contribution in [-0.2, 0) is 14.3 Å². The lowest BCUT2D eigenvalue weighted by molar-refractivity contribution is -0.153. The third-order valence-corrected chi connectivity index (χ3v) is 5.64. The highest BCUT2D eigenvalue weighted by molar-refractivity contribution is 5.71. The van der Waals surface area contributed by atoms with Crippen LogP contribution in [0.2, 0.25) is 0 Å². The maximum atomic E-state index is 11.7. The summed E-state index contributed by atoms with van der Waals surface area (Å²) in [4.78, 5) is 22.4. The molecule has 0 saturated heterocycles. The van der Waals surface area contributed by atoms with E-state index in [1.807, 2.05) is 6.92 Å². The summed E-state index contributed by atoms with van der Waals surface area (Å²) in [6.07, 6.45) is 22.8. The Kier molecular flexibility index (Phi) is 20.9. The first-order valence-electron chi connectivity index (χ1n) is 12.5. The van der Waals surface area contributed by atoms with Crippen LogP contribution >= 0.6 is 0 Å². The van der Waals surface area contributed by atoms with E-state index in [1.54, 1.807) is 0 Å². The number of rotatable bonds is 22. The summed E-state index contributed by atoms with van der Waals surface area (Å²) in [6, 6.07) is 0. The molecule has 0 aliphatic carbocycles. The fourth-order valence-corrected chi connectivity index (χ4v) is 3.70. The van der Waals surface area contributed by atoms with Gasteiger partial charge < -0.3 is 9.84 Å². The largest absolute Gasteiger partial charge is 0.481 e. The van der Waals surface area contributed by atoms with Crippen LogP contribution in [0.5, 0.6) is 0 Å². The van der Waals surface area contributed by atoms with Crippen molar-refractivity contribution in [3.63, 3.8) is 0 Å². The molecule has 4 nitrogen and oxygen atoms in total. The van der Waals surface area contributed by atoms with E-state index in [1.165, 1.54) is 96.3 Å². The molecule has 0 fully saturated rings. The quantitative estimate of drug-likeness (QED) is 0.145. The van der Waals surface area contributed by atoms with Gasteiger partial charge in [-0.1, -0.05) is 117 Å². The molecule has 0 saturated carbocycles. The van der Waals surface area contributed by atoms with Crippen molar-refractivity contribution in [1.82, 2.24) is 0 Å². The van der Waals surface area contributed by atoms with Gasteiger partial charge in [-0.3, -0.25) is 9.59 Å². The monoisotopic (exact) mass is 412 g/mol. The Labute approximate surface area is 180 Å². The number of esters is 1. The van der Waals surface area contributed by atoms with E-state index < -0.39 is 12.1 Å². The van der Waals surface area contributed by atoms with Crippen LogP contribution in [0.1, 0.15) is 142 Å². The fraction of sp³-hybridized carbons (Fsp3) is 0.920. The molecule has 1 N–H and O–H groups in total. The Bertz CT molecular complexity index is 381. The van der Waals surface area contributed by atoms with Crippen LogP contribution in [0.4, 0.5) is 0 Å². The number of ether oxygens (including phenoxy) is 1. The summed E-state index contributed by atoms with van der Waals surface area (Å²) in [5.74, 6) is -1.17. The molecule has 0 aliphatic rings. The molecule has 0 aliphatic heterocycles. The number of carboxylic acids is 1. The first kappa shape index (κ1) is 27.9. The summed E-state index contributed by atoms with van der Waals surface area (Å²) >= 11 is 0. The van der Waals surface area contributed by atoms with Gasteiger partial charge in [0.2, 0.25) is 0 Å². The first-order chi connectivity index (χ1) is 14.1. The topological polar surface area (TPSA) is 63.6 Å². The third kappa shape index (κ3) is 21.5. The first-order valence-corrected chi connectivity index (χ1v) is 12.5. The summed E-state index contributed by atoms with van der Waals surface area (Å²) in [5, 5.41) is 8.77. The molecule has 0 spiro atoms. The molecular formula is C25H48O4. The minimum absolute atomic E-state index is 0.0959. The molecule has 172 valence electrons. The molecular weight excluding hydrogens is 364 g/mol. The van der Waals surface area contributed by atoms with Gasteiger partial charge in [-0.2, -0.15) is 0 Å². The molecule has 0 aromatic heterocycles. The maximum absolute atomic E-state index is 11.7. The summed E-state index contributed by atoms with van der Waals surface area (Å²) in [5.41, 5.74) is 0. The Morgan fingerprint density at radius 1 is 0.655 bits per heavy atom. The number of unbranched alkanes of at least 4 members (excludes halogenated alkanes) is 16. The standard InChI is InChI=1S/C25H48O4/c1-3-5-6-7-8-9-10-11-12-13-14-15-16-17-18-19-20-21-25(28)29-23(4-2)22-24(26)27/h23H,3-22H2,1-2H3,(H,26,27). The lowest BCUT2D eigenvalue weighted by Crippen LogP contribution is -2.20. The predicted molar refractivity (Wildman–Crippen MR) is 121 cm³/mol. The lowest BCUT2D eigenvalue weighted by atomic mass is 10.0. The van der Waals surface area contributed by atoms with Gasteiger partial charge in [0.05, 0.1) is 6.42 Å². The zero-order valence-corrected chi connectivity index (χ0v) is 19.4. The molecule has 0 aromatic carbocycles. The number of hydrogen-bond acceptors (Lipinski definition) is 3. The Morgan fingerprint density at radius 2 is 1.03 bits per heavy atom. The number of hydrogen-bond donors (Lipinski definition) is 1. The molecule has 0 rings (SSSR count). The van der Waals surface area contributed by atoms with Gasteiger partial charge in [-0.25, -0.2) is 0 Å². The van der Waals surface area contributed by atoms with E-state index in [2.05, 4.69) is 6.92 Å². The number of carbonyl (C=O) groups is 2. The summed E-state index contributed by atoms with van der Waals surface area (Å²) in [6.45, 7) is 4.12. The zero-order chi connectivity index (χ0) is 21.6. The molecule has 0 radical (unpaired) electrons. The van der Waals surface area contributed by atoms with Crippen molar-refractivity contribution >= 4 is 11.9 Å². The average Bonchev–Trinajstić information content (AvgIpc) is 2.69. The predicted octanol–water partition coefficient (Wildman–Crippen LogP) is 7.82. The lowest BCUT2D eigenvalue weighted by Gasteiger charge is -2.13. The highest BCUT2D eigenvalue weighted by atomic mass is 16.5. The van der Waals surface area contributed by atoms with Crippen molar-refractivity contribution in [3.05, 3.63) is 0 Å². The van der Waals surface area contributed by atoms with Crippen molar-refractivity contribution < 1.29 is 19.4 Å². The molecule has 29 heavy (non-hydrogen) atoms. The molecule has 1 atom stereocenters. The minimum atomic E-state index is -0.914. The van der Waals surface area contributed by atoms with E-state index in [4.69, 9.17) is 9.84 Å². The van der Waals surface area contributed by atoms with E-state index >= 15 is 0 Å². The molecule has 4 heteroatoms. The highest BCUT2D eigenvalue weighted by Crippen LogP contribution is 2.14. The smallest absolute Gasteiger partial charge is 0.307 e. The van der Waals surface area contributed by atoms with Crippen LogP contribution in [0.15, 0.2) is 0 Å². The van der Waals surface area contributed by atoms with Gasteiger partial charge in [0.1, 0.15) is 6.10 Å². The maximum Gasteiger partial charge on any atom is 0.307 e. The average molecular weight is 413 g/mol. The second kappa shape index (κ2) is 21.6. The van der Waals surface area contributed by atoms with Gasteiger partial charge in [-0.05, 0) is 12.8 Å². The zero-order valence-electron chi connectivity index (χ0n) is 19.4. The van der Waals surface area contributed by atoms with Crippen LogP contribution in [0.3, 0.4) is 0 Å². The third-order valence-electron chi connectivity index (χ3n) is 5.64. The number of carbonyl (C=O) groups excluding carboxylic acids is 1. The SMILES string of the molecule is CCCCCCCCCCCCCCCCCCCC(=O)OC(CC)CC(=O)O. The number of aliphatic carboxylic acids is 1. The van der Waals surface area contributed by atoms with Crippen LogP contribution in [-0.4, -0.2) is 23.1 Å². The Morgan fingerprint density at radius 3 is 1.38 bits per heavy atom. The second-order valence-corrected chi connectivity index (χ2v) is 8.52. The van der Waals surface area contributed by atoms with Crippen molar-refractivity contribution in [2.24, 2.45) is 0 Å². The normalized spacial score (nSPS) is 12.1. The van der Waals surface area contributed by atoms with E-state index in [-0.39, 0.29) is 12.4 Å². The van der Waals surface area contributed by atoms with Crippen LogP contribution in [0.25, 0.3) is 0 Å². The van der Waals surface area contributed by atoms with Crippen LogP contribution < -0.4 is 0 Å².